The molecule has 122 valence electrons. The number of rotatable bonds is 4. The van der Waals surface area contributed by atoms with Crippen molar-refractivity contribution in [2.45, 2.75) is 69.6 Å². The molecule has 0 saturated carbocycles. The third kappa shape index (κ3) is 3.29. The maximum Gasteiger partial charge on any atom is 0.0590 e. The van der Waals surface area contributed by atoms with Crippen molar-refractivity contribution in [1.82, 2.24) is 9.80 Å². The van der Waals surface area contributed by atoms with Crippen molar-refractivity contribution in [2.24, 2.45) is 5.73 Å². The van der Waals surface area contributed by atoms with E-state index in [1.165, 1.54) is 51.9 Å². The van der Waals surface area contributed by atoms with Gasteiger partial charge < -0.3 is 10.5 Å². The number of hydrogen-bond donors (Lipinski definition) is 1. The molecule has 0 aliphatic carbocycles. The number of hydrogen-bond acceptors (Lipinski definition) is 4. The van der Waals surface area contributed by atoms with E-state index in [-0.39, 0.29) is 5.54 Å². The zero-order valence-corrected chi connectivity index (χ0v) is 13.7. The molecule has 21 heavy (non-hydrogen) atoms. The predicted octanol–water partition coefficient (Wildman–Crippen LogP) is 1.83. The van der Waals surface area contributed by atoms with E-state index in [1.807, 2.05) is 0 Å². The Hall–Kier alpha value is -0.160. The van der Waals surface area contributed by atoms with E-state index in [0.717, 1.165) is 38.5 Å². The summed E-state index contributed by atoms with van der Waals surface area (Å²) in [5.74, 6) is 0. The van der Waals surface area contributed by atoms with Gasteiger partial charge in [0.1, 0.15) is 0 Å². The van der Waals surface area contributed by atoms with E-state index in [4.69, 9.17) is 10.5 Å². The smallest absolute Gasteiger partial charge is 0.0590 e. The highest BCUT2D eigenvalue weighted by molar-refractivity contribution is 5.00. The summed E-state index contributed by atoms with van der Waals surface area (Å²) >= 11 is 0. The molecule has 3 heterocycles. The van der Waals surface area contributed by atoms with Crippen LogP contribution < -0.4 is 5.73 Å². The first-order chi connectivity index (χ1) is 10.3. The van der Waals surface area contributed by atoms with Crippen LogP contribution >= 0.6 is 0 Å². The van der Waals surface area contributed by atoms with Crippen molar-refractivity contribution in [3.8, 4) is 0 Å². The highest BCUT2D eigenvalue weighted by Crippen LogP contribution is 2.35. The second-order valence-electron chi connectivity index (χ2n) is 7.27. The van der Waals surface area contributed by atoms with Crippen LogP contribution in [-0.4, -0.2) is 66.8 Å². The van der Waals surface area contributed by atoms with E-state index >= 15 is 0 Å². The lowest BCUT2D eigenvalue weighted by molar-refractivity contribution is -0.0673. The molecular formula is C17H33N3O. The molecule has 4 heteroatoms. The molecule has 3 fully saturated rings. The summed E-state index contributed by atoms with van der Waals surface area (Å²) in [7, 11) is 0. The van der Waals surface area contributed by atoms with Crippen molar-refractivity contribution < 1.29 is 4.74 Å². The Morgan fingerprint density at radius 1 is 1.19 bits per heavy atom. The molecule has 4 nitrogen and oxygen atoms in total. The van der Waals surface area contributed by atoms with E-state index in [2.05, 4.69) is 16.7 Å². The number of nitrogens with zero attached hydrogens (tertiary/aromatic N) is 2. The third-order valence-electron chi connectivity index (χ3n) is 6.11. The molecular weight excluding hydrogens is 262 g/mol. The van der Waals surface area contributed by atoms with Gasteiger partial charge in [0, 0.05) is 37.8 Å². The molecule has 0 radical (unpaired) electrons. The Kier molecular flexibility index (Phi) is 5.20. The van der Waals surface area contributed by atoms with Gasteiger partial charge in [-0.2, -0.15) is 0 Å². The summed E-state index contributed by atoms with van der Waals surface area (Å²) in [5.41, 5.74) is 6.46. The van der Waals surface area contributed by atoms with Crippen LogP contribution in [0.2, 0.25) is 0 Å². The summed E-state index contributed by atoms with van der Waals surface area (Å²) in [6.45, 7) is 9.00. The maximum atomic E-state index is 6.25. The van der Waals surface area contributed by atoms with Crippen molar-refractivity contribution in [3.63, 3.8) is 0 Å². The lowest BCUT2D eigenvalue weighted by atomic mass is 9.84. The van der Waals surface area contributed by atoms with Crippen molar-refractivity contribution in [2.75, 3.05) is 39.3 Å². The SMILES string of the molecule is CCC1CC(CN)(N2CCC(N3CCCCC3)C2)CCO1. The highest BCUT2D eigenvalue weighted by Gasteiger charge is 2.44. The average molecular weight is 295 g/mol. The third-order valence-corrected chi connectivity index (χ3v) is 6.11. The van der Waals surface area contributed by atoms with Crippen LogP contribution in [0.4, 0.5) is 0 Å². The molecule has 0 amide bonds. The summed E-state index contributed by atoms with van der Waals surface area (Å²) < 4.78 is 5.89. The number of likely N-dealkylation sites (tertiary alicyclic amines) is 2. The van der Waals surface area contributed by atoms with Gasteiger partial charge in [-0.15, -0.1) is 0 Å². The summed E-state index contributed by atoms with van der Waals surface area (Å²) in [5, 5.41) is 0. The lowest BCUT2D eigenvalue weighted by Gasteiger charge is -2.47. The first-order valence-electron chi connectivity index (χ1n) is 9.08. The van der Waals surface area contributed by atoms with Crippen LogP contribution in [0.25, 0.3) is 0 Å². The van der Waals surface area contributed by atoms with E-state index in [9.17, 15) is 0 Å². The molecule has 3 unspecified atom stereocenters. The van der Waals surface area contributed by atoms with Crippen molar-refractivity contribution in [1.29, 1.82) is 0 Å². The fourth-order valence-electron chi connectivity index (χ4n) is 4.62. The standard InChI is InChI=1S/C17H33N3O/c1-2-16-12-17(14-18,7-11-21-16)20-10-6-15(13-20)19-8-4-3-5-9-19/h15-16H,2-14,18H2,1H3. The minimum absolute atomic E-state index is 0.212. The largest absolute Gasteiger partial charge is 0.378 e. The Balaban J connectivity index is 1.62. The number of piperidine rings is 1. The molecule has 3 aliphatic rings. The molecule has 3 rings (SSSR count). The molecule has 0 aromatic carbocycles. The number of nitrogens with two attached hydrogens (primary N) is 1. The van der Waals surface area contributed by atoms with Crippen LogP contribution in [0.15, 0.2) is 0 Å². The molecule has 3 atom stereocenters. The summed E-state index contributed by atoms with van der Waals surface area (Å²) in [6.07, 6.45) is 9.32. The van der Waals surface area contributed by atoms with Gasteiger partial charge in [0.15, 0.2) is 0 Å². The van der Waals surface area contributed by atoms with Gasteiger partial charge in [-0.25, -0.2) is 0 Å². The monoisotopic (exact) mass is 295 g/mol. The summed E-state index contributed by atoms with van der Waals surface area (Å²) in [6, 6.07) is 0.775. The van der Waals surface area contributed by atoms with Gasteiger partial charge in [-0.3, -0.25) is 9.80 Å². The quantitative estimate of drug-likeness (QED) is 0.859. The van der Waals surface area contributed by atoms with Gasteiger partial charge in [0.25, 0.3) is 0 Å². The van der Waals surface area contributed by atoms with E-state index in [0.29, 0.717) is 6.10 Å². The molecule has 0 bridgehead atoms. The molecule has 0 spiro atoms. The van der Waals surface area contributed by atoms with Crippen molar-refractivity contribution >= 4 is 0 Å². The zero-order valence-electron chi connectivity index (χ0n) is 13.7. The normalized spacial score (nSPS) is 39.7. The van der Waals surface area contributed by atoms with Crippen LogP contribution in [-0.2, 0) is 4.74 Å². The maximum absolute atomic E-state index is 6.25. The van der Waals surface area contributed by atoms with Gasteiger partial charge in [-0.1, -0.05) is 13.3 Å². The van der Waals surface area contributed by atoms with Crippen LogP contribution in [0.1, 0.15) is 51.9 Å². The van der Waals surface area contributed by atoms with Gasteiger partial charge in [-0.05, 0) is 51.6 Å². The van der Waals surface area contributed by atoms with Crippen LogP contribution in [0, 0.1) is 0 Å². The molecule has 0 aromatic heterocycles. The first-order valence-corrected chi connectivity index (χ1v) is 9.08. The lowest BCUT2D eigenvalue weighted by Crippen LogP contribution is -2.58. The van der Waals surface area contributed by atoms with E-state index < -0.39 is 0 Å². The molecule has 3 saturated heterocycles. The van der Waals surface area contributed by atoms with E-state index in [1.54, 1.807) is 0 Å². The zero-order chi connectivity index (χ0) is 14.7. The molecule has 3 aliphatic heterocycles. The number of ether oxygens (including phenoxy) is 1. The Morgan fingerprint density at radius 3 is 2.71 bits per heavy atom. The second kappa shape index (κ2) is 6.95. The topological polar surface area (TPSA) is 41.7 Å². The molecule has 2 N–H and O–H groups in total. The minimum atomic E-state index is 0.212. The highest BCUT2D eigenvalue weighted by atomic mass is 16.5. The van der Waals surface area contributed by atoms with Crippen molar-refractivity contribution in [3.05, 3.63) is 0 Å². The minimum Gasteiger partial charge on any atom is -0.378 e. The van der Waals surface area contributed by atoms with Crippen LogP contribution in [0.3, 0.4) is 0 Å². The van der Waals surface area contributed by atoms with Gasteiger partial charge in [0.05, 0.1) is 6.10 Å². The Morgan fingerprint density at radius 2 is 2.00 bits per heavy atom. The van der Waals surface area contributed by atoms with Gasteiger partial charge >= 0.3 is 0 Å². The fraction of sp³-hybridized carbons (Fsp3) is 1.00. The first kappa shape index (κ1) is 15.7. The van der Waals surface area contributed by atoms with Gasteiger partial charge in [0.2, 0.25) is 0 Å². The Labute approximate surface area is 130 Å². The fourth-order valence-corrected chi connectivity index (χ4v) is 4.62. The molecule has 0 aromatic rings. The van der Waals surface area contributed by atoms with Crippen LogP contribution in [0.5, 0.6) is 0 Å². The second-order valence-corrected chi connectivity index (χ2v) is 7.27. The Bertz CT molecular complexity index is 332. The summed E-state index contributed by atoms with van der Waals surface area (Å²) in [4.78, 5) is 5.46. The predicted molar refractivity (Wildman–Crippen MR) is 86.5 cm³/mol. The average Bonchev–Trinajstić information content (AvgIpc) is 3.06.